The first-order valence-electron chi connectivity index (χ1n) is 5.28. The second-order valence-electron chi connectivity index (χ2n) is 4.37. The molecular weight excluding hydrogens is 272 g/mol. The molecule has 1 aromatic heterocycles. The first-order chi connectivity index (χ1) is 7.25. The summed E-state index contributed by atoms with van der Waals surface area (Å²) in [6, 6.07) is 1.39. The molecule has 2 bridgehead atoms. The van der Waals surface area contributed by atoms with Crippen molar-refractivity contribution in [3.05, 3.63) is 21.6 Å². The third-order valence-electron chi connectivity index (χ3n) is 3.57. The van der Waals surface area contributed by atoms with E-state index in [1.54, 1.807) is 0 Å². The monoisotopic (exact) mass is 284 g/mol. The molecule has 2 unspecified atom stereocenters. The molecule has 0 amide bonds. The Morgan fingerprint density at radius 2 is 2.40 bits per heavy atom. The van der Waals surface area contributed by atoms with Gasteiger partial charge in [-0.1, -0.05) is 6.08 Å². The van der Waals surface area contributed by atoms with E-state index in [1.165, 1.54) is 35.6 Å². The van der Waals surface area contributed by atoms with Gasteiger partial charge in [0.05, 0.1) is 10.2 Å². The lowest BCUT2D eigenvalue weighted by Crippen LogP contribution is -2.34. The summed E-state index contributed by atoms with van der Waals surface area (Å²) in [7, 11) is 2.24. The van der Waals surface area contributed by atoms with Crippen LogP contribution in [0.15, 0.2) is 15.9 Å². The third kappa shape index (κ3) is 1.59. The molecule has 1 fully saturated rings. The van der Waals surface area contributed by atoms with Crippen LogP contribution in [0.4, 0.5) is 0 Å². The van der Waals surface area contributed by atoms with Crippen LogP contribution in [0.5, 0.6) is 0 Å². The van der Waals surface area contributed by atoms with Gasteiger partial charge in [0.25, 0.3) is 0 Å². The van der Waals surface area contributed by atoms with E-state index in [0.29, 0.717) is 6.04 Å². The quantitative estimate of drug-likeness (QED) is 0.788. The number of halogens is 1. The van der Waals surface area contributed by atoms with Gasteiger partial charge in [0, 0.05) is 17.5 Å². The molecule has 0 saturated carbocycles. The molecule has 3 heterocycles. The fourth-order valence-corrected chi connectivity index (χ4v) is 3.94. The molecule has 2 aliphatic rings. The summed E-state index contributed by atoms with van der Waals surface area (Å²) in [5.74, 6) is 0. The van der Waals surface area contributed by atoms with Crippen molar-refractivity contribution < 1.29 is 0 Å². The topological polar surface area (TPSA) is 16.1 Å². The van der Waals surface area contributed by atoms with E-state index < -0.39 is 0 Å². The number of rotatable bonds is 1. The molecule has 2 aliphatic heterocycles. The molecule has 15 heavy (non-hydrogen) atoms. The molecule has 0 N–H and O–H groups in total. The summed E-state index contributed by atoms with van der Waals surface area (Å²) in [5, 5.41) is 2.07. The Morgan fingerprint density at radius 1 is 1.53 bits per heavy atom. The van der Waals surface area contributed by atoms with Gasteiger partial charge in [-0.15, -0.1) is 0 Å². The Morgan fingerprint density at radius 3 is 3.07 bits per heavy atom. The predicted molar refractivity (Wildman–Crippen MR) is 67.0 cm³/mol. The summed E-state index contributed by atoms with van der Waals surface area (Å²) < 4.78 is 5.62. The maximum atomic E-state index is 4.47. The normalized spacial score (nSPS) is 30.7. The van der Waals surface area contributed by atoms with Crippen molar-refractivity contribution in [2.75, 3.05) is 7.05 Å². The van der Waals surface area contributed by atoms with Crippen LogP contribution < -0.4 is 0 Å². The molecule has 80 valence electrons. The summed E-state index contributed by atoms with van der Waals surface area (Å²) in [5.41, 5.74) is 2.61. The zero-order valence-corrected chi connectivity index (χ0v) is 11.0. The summed E-state index contributed by atoms with van der Waals surface area (Å²) in [6.07, 6.45) is 6.22. The van der Waals surface area contributed by atoms with Crippen LogP contribution in [0.25, 0.3) is 5.57 Å². The highest BCUT2D eigenvalue weighted by Crippen LogP contribution is 2.39. The van der Waals surface area contributed by atoms with E-state index in [1.807, 2.05) is 0 Å². The lowest BCUT2D eigenvalue weighted by Gasteiger charge is -2.29. The van der Waals surface area contributed by atoms with E-state index in [9.17, 15) is 0 Å². The van der Waals surface area contributed by atoms with Crippen molar-refractivity contribution in [1.82, 2.24) is 9.27 Å². The summed E-state index contributed by atoms with van der Waals surface area (Å²) in [6.45, 7) is 0. The van der Waals surface area contributed by atoms with Gasteiger partial charge in [-0.3, -0.25) is 4.90 Å². The fraction of sp³-hybridized carbons (Fsp3) is 0.545. The smallest absolute Gasteiger partial charge is 0.0940 e. The van der Waals surface area contributed by atoms with Crippen LogP contribution in [0.3, 0.4) is 0 Å². The van der Waals surface area contributed by atoms with Crippen molar-refractivity contribution in [3.63, 3.8) is 0 Å². The van der Waals surface area contributed by atoms with Gasteiger partial charge in [-0.2, -0.15) is 4.37 Å². The Kier molecular flexibility index (Phi) is 2.45. The van der Waals surface area contributed by atoms with Crippen LogP contribution in [0, 0.1) is 0 Å². The molecule has 0 radical (unpaired) electrons. The molecule has 0 spiro atoms. The number of nitrogens with zero attached hydrogens (tertiary/aromatic N) is 2. The summed E-state index contributed by atoms with van der Waals surface area (Å²) >= 11 is 5.10. The molecule has 2 atom stereocenters. The van der Waals surface area contributed by atoms with Crippen LogP contribution in [-0.2, 0) is 0 Å². The van der Waals surface area contributed by atoms with Crippen molar-refractivity contribution in [3.8, 4) is 0 Å². The minimum Gasteiger partial charge on any atom is -0.297 e. The van der Waals surface area contributed by atoms with Crippen molar-refractivity contribution in [1.29, 1.82) is 0 Å². The van der Waals surface area contributed by atoms with E-state index >= 15 is 0 Å². The second-order valence-corrected chi connectivity index (χ2v) is 5.85. The largest absolute Gasteiger partial charge is 0.297 e. The molecule has 4 heteroatoms. The maximum absolute atomic E-state index is 4.47. The van der Waals surface area contributed by atoms with E-state index in [4.69, 9.17) is 0 Å². The van der Waals surface area contributed by atoms with Crippen molar-refractivity contribution in [2.45, 2.75) is 31.3 Å². The molecule has 1 aromatic rings. The Bertz CT molecular complexity index is 412. The van der Waals surface area contributed by atoms with Crippen LogP contribution in [0.1, 0.15) is 25.0 Å². The van der Waals surface area contributed by atoms with Crippen LogP contribution in [-0.4, -0.2) is 28.4 Å². The first kappa shape index (κ1) is 10.00. The van der Waals surface area contributed by atoms with E-state index in [2.05, 4.69) is 43.7 Å². The van der Waals surface area contributed by atoms with Gasteiger partial charge in [0.1, 0.15) is 0 Å². The third-order valence-corrected chi connectivity index (χ3v) is 5.11. The fourth-order valence-electron chi connectivity index (χ4n) is 2.65. The van der Waals surface area contributed by atoms with Gasteiger partial charge in [0.15, 0.2) is 0 Å². The molecule has 3 rings (SSSR count). The van der Waals surface area contributed by atoms with E-state index in [0.717, 1.165) is 16.9 Å². The van der Waals surface area contributed by atoms with E-state index in [-0.39, 0.29) is 0 Å². The van der Waals surface area contributed by atoms with Gasteiger partial charge >= 0.3 is 0 Å². The minimum absolute atomic E-state index is 0.646. The molecule has 1 saturated heterocycles. The number of likely N-dealkylation sites (N-methyl/N-ethyl adjacent to an activating group) is 1. The SMILES string of the molecule is CN1C2C=C(c3nscc3Br)CC1CC2. The summed E-state index contributed by atoms with van der Waals surface area (Å²) in [4.78, 5) is 2.50. The van der Waals surface area contributed by atoms with Gasteiger partial charge in [-0.25, -0.2) is 0 Å². The van der Waals surface area contributed by atoms with Crippen molar-refractivity contribution >= 4 is 33.0 Å². The van der Waals surface area contributed by atoms with Crippen LogP contribution in [0.2, 0.25) is 0 Å². The number of hydrogen-bond donors (Lipinski definition) is 0. The van der Waals surface area contributed by atoms with Crippen LogP contribution >= 0.6 is 27.5 Å². The average molecular weight is 285 g/mol. The highest BCUT2D eigenvalue weighted by Gasteiger charge is 2.34. The zero-order valence-electron chi connectivity index (χ0n) is 8.61. The standard InChI is InChI=1S/C11H13BrN2S/c1-14-8-2-3-9(14)5-7(4-8)11-10(12)6-15-13-11/h4,6,8-9H,2-3,5H2,1H3. The van der Waals surface area contributed by atoms with Gasteiger partial charge in [-0.05, 0) is 59.3 Å². The Balaban J connectivity index is 1.97. The van der Waals surface area contributed by atoms with Crippen molar-refractivity contribution in [2.24, 2.45) is 0 Å². The highest BCUT2D eigenvalue weighted by molar-refractivity contribution is 9.10. The molecule has 0 aromatic carbocycles. The number of aromatic nitrogens is 1. The Labute approximate surface area is 102 Å². The predicted octanol–water partition coefficient (Wildman–Crippen LogP) is 3.16. The Hall–Kier alpha value is -0.190. The van der Waals surface area contributed by atoms with Gasteiger partial charge in [0.2, 0.25) is 0 Å². The molecule has 2 nitrogen and oxygen atoms in total. The van der Waals surface area contributed by atoms with Gasteiger partial charge < -0.3 is 0 Å². The lowest BCUT2D eigenvalue weighted by molar-refractivity contribution is 0.264. The molecule has 0 aliphatic carbocycles. The average Bonchev–Trinajstić information content (AvgIpc) is 2.70. The maximum Gasteiger partial charge on any atom is 0.0940 e. The minimum atomic E-state index is 0.646. The number of hydrogen-bond acceptors (Lipinski definition) is 3. The first-order valence-corrected chi connectivity index (χ1v) is 6.91. The highest BCUT2D eigenvalue weighted by atomic mass is 79.9. The zero-order chi connectivity index (χ0) is 10.4. The lowest BCUT2D eigenvalue weighted by atomic mass is 9.99. The second kappa shape index (κ2) is 3.68. The molecular formula is C11H13BrN2S. The number of fused-ring (bicyclic) bond motifs is 2.